The van der Waals surface area contributed by atoms with Crippen LogP contribution in [0.5, 0.6) is 0 Å². The van der Waals surface area contributed by atoms with Gasteiger partial charge < -0.3 is 5.32 Å². The third-order valence-electron chi connectivity index (χ3n) is 2.78. The number of nitrogens with one attached hydrogen (secondary N) is 3. The van der Waals surface area contributed by atoms with E-state index < -0.39 is 0 Å². The zero-order valence-corrected chi connectivity index (χ0v) is 11.1. The van der Waals surface area contributed by atoms with Crippen LogP contribution in [0.4, 0.5) is 16.3 Å². The van der Waals surface area contributed by atoms with Gasteiger partial charge in [0.15, 0.2) is 5.82 Å². The Labute approximate surface area is 119 Å². The van der Waals surface area contributed by atoms with Gasteiger partial charge in [0.2, 0.25) is 0 Å². The normalized spacial score (nSPS) is 10.4. The van der Waals surface area contributed by atoms with Gasteiger partial charge >= 0.3 is 6.03 Å². The van der Waals surface area contributed by atoms with Crippen molar-refractivity contribution >= 4 is 40.0 Å². The van der Waals surface area contributed by atoms with Crippen LogP contribution in [0.1, 0.15) is 0 Å². The third kappa shape index (κ3) is 2.57. The number of aromatic nitrogens is 2. The molecular formula is C14H11ClN4O. The summed E-state index contributed by atoms with van der Waals surface area (Å²) in [5.74, 6) is 0.486. The summed E-state index contributed by atoms with van der Waals surface area (Å²) in [4.78, 5) is 11.9. The molecule has 100 valence electrons. The lowest BCUT2D eigenvalue weighted by molar-refractivity contribution is 0.262. The van der Waals surface area contributed by atoms with Gasteiger partial charge in [-0.25, -0.2) is 4.79 Å². The quantitative estimate of drug-likeness (QED) is 0.669. The fourth-order valence-corrected chi connectivity index (χ4v) is 2.09. The molecule has 0 aliphatic carbocycles. The van der Waals surface area contributed by atoms with E-state index in [-0.39, 0.29) is 6.03 Å². The number of fused-ring (bicyclic) bond motifs is 1. The summed E-state index contributed by atoms with van der Waals surface area (Å²) in [6.45, 7) is 0. The van der Waals surface area contributed by atoms with Crippen LogP contribution in [-0.2, 0) is 0 Å². The number of hydrogen-bond acceptors (Lipinski definition) is 2. The number of carbonyl (C=O) groups is 1. The van der Waals surface area contributed by atoms with Crippen LogP contribution in [0.25, 0.3) is 10.9 Å². The van der Waals surface area contributed by atoms with Crippen LogP contribution >= 0.6 is 11.6 Å². The standard InChI is InChI=1S/C14H11ClN4O/c15-9-4-3-5-10(8-9)16-14(20)17-13-11-6-1-2-7-12(11)18-19-13/h1-8H,(H3,16,17,18,19,20). The predicted octanol–water partition coefficient (Wildman–Crippen LogP) is 3.86. The Bertz CT molecular complexity index is 768. The number of para-hydroxylation sites is 1. The molecule has 20 heavy (non-hydrogen) atoms. The molecule has 5 nitrogen and oxygen atoms in total. The highest BCUT2D eigenvalue weighted by molar-refractivity contribution is 6.30. The minimum Gasteiger partial charge on any atom is -0.308 e. The number of amides is 2. The van der Waals surface area contributed by atoms with Gasteiger partial charge in [-0.15, -0.1) is 0 Å². The van der Waals surface area contributed by atoms with Crippen molar-refractivity contribution in [3.05, 3.63) is 53.6 Å². The molecule has 3 N–H and O–H groups in total. The van der Waals surface area contributed by atoms with Crippen LogP contribution in [0.3, 0.4) is 0 Å². The monoisotopic (exact) mass is 286 g/mol. The molecule has 2 aromatic carbocycles. The highest BCUT2D eigenvalue weighted by Gasteiger charge is 2.08. The molecule has 3 aromatic rings. The van der Waals surface area contributed by atoms with E-state index in [4.69, 9.17) is 11.6 Å². The first-order chi connectivity index (χ1) is 9.72. The third-order valence-corrected chi connectivity index (χ3v) is 3.02. The van der Waals surface area contributed by atoms with E-state index in [0.717, 1.165) is 10.9 Å². The van der Waals surface area contributed by atoms with Crippen molar-refractivity contribution in [3.8, 4) is 0 Å². The molecule has 0 aliphatic heterocycles. The van der Waals surface area contributed by atoms with E-state index in [9.17, 15) is 4.79 Å². The number of H-pyrrole nitrogens is 1. The van der Waals surface area contributed by atoms with Gasteiger partial charge in [-0.3, -0.25) is 10.4 Å². The second kappa shape index (κ2) is 5.22. The molecule has 0 saturated heterocycles. The Morgan fingerprint density at radius 3 is 2.80 bits per heavy atom. The molecule has 0 bridgehead atoms. The van der Waals surface area contributed by atoms with Gasteiger partial charge in [0.05, 0.1) is 5.52 Å². The van der Waals surface area contributed by atoms with E-state index >= 15 is 0 Å². The molecule has 0 unspecified atom stereocenters. The number of hydrogen-bond donors (Lipinski definition) is 3. The number of nitrogens with zero attached hydrogens (tertiary/aromatic N) is 1. The molecule has 0 fully saturated rings. The number of halogens is 1. The van der Waals surface area contributed by atoms with Crippen molar-refractivity contribution in [3.63, 3.8) is 0 Å². The minimum atomic E-state index is -0.371. The summed E-state index contributed by atoms with van der Waals surface area (Å²) in [5.41, 5.74) is 1.49. The number of rotatable bonds is 2. The Morgan fingerprint density at radius 2 is 1.95 bits per heavy atom. The summed E-state index contributed by atoms with van der Waals surface area (Å²) in [5, 5.41) is 13.7. The summed E-state index contributed by atoms with van der Waals surface area (Å²) in [6.07, 6.45) is 0. The van der Waals surface area contributed by atoms with Gasteiger partial charge in [0, 0.05) is 16.1 Å². The van der Waals surface area contributed by atoms with Crippen molar-refractivity contribution in [1.29, 1.82) is 0 Å². The molecule has 0 spiro atoms. The van der Waals surface area contributed by atoms with Gasteiger partial charge in [0.1, 0.15) is 0 Å². The van der Waals surface area contributed by atoms with Gasteiger partial charge in [-0.1, -0.05) is 29.8 Å². The highest BCUT2D eigenvalue weighted by Crippen LogP contribution is 2.20. The fraction of sp³-hybridized carbons (Fsp3) is 0. The molecule has 1 aromatic heterocycles. The summed E-state index contributed by atoms with van der Waals surface area (Å²) >= 11 is 5.86. The summed E-state index contributed by atoms with van der Waals surface area (Å²) < 4.78 is 0. The number of benzene rings is 2. The second-order valence-electron chi connectivity index (χ2n) is 4.21. The Morgan fingerprint density at radius 1 is 1.10 bits per heavy atom. The van der Waals surface area contributed by atoms with E-state index in [0.29, 0.717) is 16.5 Å². The average Bonchev–Trinajstić information content (AvgIpc) is 2.82. The molecule has 1 heterocycles. The van der Waals surface area contributed by atoms with E-state index in [2.05, 4.69) is 20.8 Å². The number of aromatic amines is 1. The molecule has 0 atom stereocenters. The lowest BCUT2D eigenvalue weighted by Gasteiger charge is -2.06. The van der Waals surface area contributed by atoms with E-state index in [1.807, 2.05) is 24.3 Å². The summed E-state index contributed by atoms with van der Waals surface area (Å²) in [6, 6.07) is 14.1. The van der Waals surface area contributed by atoms with Crippen LogP contribution < -0.4 is 10.6 Å². The molecule has 0 saturated carbocycles. The van der Waals surface area contributed by atoms with Crippen molar-refractivity contribution in [2.24, 2.45) is 0 Å². The number of anilines is 2. The van der Waals surface area contributed by atoms with Crippen LogP contribution in [0.15, 0.2) is 48.5 Å². The predicted molar refractivity (Wildman–Crippen MR) is 80.2 cm³/mol. The summed E-state index contributed by atoms with van der Waals surface area (Å²) in [7, 11) is 0. The molecule has 0 aliphatic rings. The van der Waals surface area contributed by atoms with Crippen LogP contribution in [0, 0.1) is 0 Å². The topological polar surface area (TPSA) is 69.8 Å². The van der Waals surface area contributed by atoms with Crippen LogP contribution in [-0.4, -0.2) is 16.2 Å². The molecule has 0 radical (unpaired) electrons. The molecular weight excluding hydrogens is 276 g/mol. The average molecular weight is 287 g/mol. The maximum Gasteiger partial charge on any atom is 0.324 e. The van der Waals surface area contributed by atoms with Crippen LogP contribution in [0.2, 0.25) is 5.02 Å². The SMILES string of the molecule is O=C(Nc1cccc(Cl)c1)Nc1n[nH]c2ccccc12. The zero-order valence-electron chi connectivity index (χ0n) is 10.4. The smallest absolute Gasteiger partial charge is 0.308 e. The lowest BCUT2D eigenvalue weighted by Crippen LogP contribution is -2.19. The van der Waals surface area contributed by atoms with Gasteiger partial charge in [-0.05, 0) is 30.3 Å². The molecule has 6 heteroatoms. The van der Waals surface area contributed by atoms with Crippen molar-refractivity contribution in [2.45, 2.75) is 0 Å². The van der Waals surface area contributed by atoms with Crippen molar-refractivity contribution < 1.29 is 4.79 Å². The largest absolute Gasteiger partial charge is 0.324 e. The number of carbonyl (C=O) groups excluding carboxylic acids is 1. The van der Waals surface area contributed by atoms with Gasteiger partial charge in [0.25, 0.3) is 0 Å². The van der Waals surface area contributed by atoms with E-state index in [1.54, 1.807) is 24.3 Å². The van der Waals surface area contributed by atoms with E-state index in [1.165, 1.54) is 0 Å². The first-order valence-corrected chi connectivity index (χ1v) is 6.37. The minimum absolute atomic E-state index is 0.371. The Hall–Kier alpha value is -2.53. The second-order valence-corrected chi connectivity index (χ2v) is 4.64. The lowest BCUT2D eigenvalue weighted by atomic mass is 10.2. The molecule has 3 rings (SSSR count). The van der Waals surface area contributed by atoms with Gasteiger partial charge in [-0.2, -0.15) is 5.10 Å². The van der Waals surface area contributed by atoms with Crippen molar-refractivity contribution in [1.82, 2.24) is 10.2 Å². The molecule has 2 amide bonds. The fourth-order valence-electron chi connectivity index (χ4n) is 1.89. The Kier molecular flexibility index (Phi) is 3.26. The first-order valence-electron chi connectivity index (χ1n) is 5.99. The first kappa shape index (κ1) is 12.5. The maximum atomic E-state index is 11.9. The highest BCUT2D eigenvalue weighted by atomic mass is 35.5. The zero-order chi connectivity index (χ0) is 13.9. The van der Waals surface area contributed by atoms with Crippen molar-refractivity contribution in [2.75, 3.05) is 10.6 Å². The Balaban J connectivity index is 1.76. The maximum absolute atomic E-state index is 11.9. The number of urea groups is 1.